The maximum Gasteiger partial charge on any atom is 0.277 e. The lowest BCUT2D eigenvalue weighted by molar-refractivity contribution is 0.389. The third kappa shape index (κ3) is 5.76. The van der Waals surface area contributed by atoms with Crippen LogP contribution in [0.4, 0.5) is 5.69 Å². The fourth-order valence-electron chi connectivity index (χ4n) is 4.02. The third-order valence-electron chi connectivity index (χ3n) is 5.84. The van der Waals surface area contributed by atoms with Crippen molar-refractivity contribution >= 4 is 44.4 Å². The Bertz CT molecular complexity index is 1620. The Hall–Kier alpha value is -3.08. The molecule has 2 heterocycles. The van der Waals surface area contributed by atoms with Crippen LogP contribution in [0.15, 0.2) is 46.1 Å². The lowest BCUT2D eigenvalue weighted by Crippen LogP contribution is -2.17. The van der Waals surface area contributed by atoms with E-state index in [9.17, 15) is 13.2 Å². The van der Waals surface area contributed by atoms with Gasteiger partial charge in [0.05, 0.1) is 26.9 Å². The summed E-state index contributed by atoms with van der Waals surface area (Å²) in [5.74, 6) is 1.04. The van der Waals surface area contributed by atoms with Gasteiger partial charge in [0, 0.05) is 6.42 Å². The SMILES string of the molecule is CCCCCc1nc(C)c2c(=O)[nH]c(-c3cc(S(=O)(=O)Nc4cc(C)ccc4Cl)ccc3OCCl)nn12. The molecular weight excluding hydrogens is 537 g/mol. The fourth-order valence-corrected chi connectivity index (χ4v) is 5.45. The lowest BCUT2D eigenvalue weighted by atomic mass is 10.2. The Morgan fingerprint density at radius 2 is 1.92 bits per heavy atom. The Labute approximate surface area is 224 Å². The second-order valence-electron chi connectivity index (χ2n) is 8.63. The van der Waals surface area contributed by atoms with Crippen molar-refractivity contribution in [2.75, 3.05) is 10.8 Å². The molecule has 0 atom stereocenters. The molecule has 0 fully saturated rings. The van der Waals surface area contributed by atoms with Crippen molar-refractivity contribution < 1.29 is 13.2 Å². The number of sulfonamides is 1. The first-order valence-corrected chi connectivity index (χ1v) is 14.1. The van der Waals surface area contributed by atoms with Crippen molar-refractivity contribution in [1.29, 1.82) is 0 Å². The van der Waals surface area contributed by atoms with Gasteiger partial charge in [-0.3, -0.25) is 9.52 Å². The van der Waals surface area contributed by atoms with Gasteiger partial charge in [-0.15, -0.1) is 5.10 Å². The summed E-state index contributed by atoms with van der Waals surface area (Å²) < 4.78 is 36.1. The van der Waals surface area contributed by atoms with E-state index in [-0.39, 0.29) is 38.8 Å². The van der Waals surface area contributed by atoms with Crippen molar-refractivity contribution in [2.24, 2.45) is 0 Å². The van der Waals surface area contributed by atoms with Gasteiger partial charge >= 0.3 is 0 Å². The van der Waals surface area contributed by atoms with E-state index in [0.717, 1.165) is 24.8 Å². The van der Waals surface area contributed by atoms with Crippen LogP contribution in [0.2, 0.25) is 5.02 Å². The summed E-state index contributed by atoms with van der Waals surface area (Å²) >= 11 is 12.0. The zero-order valence-corrected chi connectivity index (χ0v) is 23.0. The number of alkyl halides is 1. The Balaban J connectivity index is 1.83. The van der Waals surface area contributed by atoms with Gasteiger partial charge in [-0.05, 0) is 56.2 Å². The molecule has 4 aromatic rings. The molecule has 0 aliphatic carbocycles. The summed E-state index contributed by atoms with van der Waals surface area (Å²) in [6, 6.07) is 9.07. The van der Waals surface area contributed by atoms with Crippen LogP contribution in [0.25, 0.3) is 16.9 Å². The molecule has 0 amide bonds. The molecule has 0 radical (unpaired) electrons. The first-order valence-electron chi connectivity index (χ1n) is 11.7. The molecule has 2 aromatic heterocycles. The summed E-state index contributed by atoms with van der Waals surface area (Å²) in [6.07, 6.45) is 3.62. The highest BCUT2D eigenvalue weighted by atomic mass is 35.5. The van der Waals surface area contributed by atoms with Crippen LogP contribution in [0, 0.1) is 13.8 Å². The molecule has 196 valence electrons. The van der Waals surface area contributed by atoms with E-state index in [1.165, 1.54) is 22.7 Å². The largest absolute Gasteiger partial charge is 0.477 e. The van der Waals surface area contributed by atoms with E-state index in [1.807, 2.05) is 6.92 Å². The highest BCUT2D eigenvalue weighted by Gasteiger charge is 2.22. The monoisotopic (exact) mass is 563 g/mol. The predicted octanol–water partition coefficient (Wildman–Crippen LogP) is 5.46. The Morgan fingerprint density at radius 1 is 1.14 bits per heavy atom. The number of fused-ring (bicyclic) bond motifs is 1. The van der Waals surface area contributed by atoms with Gasteiger partial charge in [-0.2, -0.15) is 0 Å². The minimum Gasteiger partial charge on any atom is -0.477 e. The number of hydrogen-bond donors (Lipinski definition) is 2. The van der Waals surface area contributed by atoms with E-state index in [4.69, 9.17) is 27.9 Å². The average Bonchev–Trinajstić information content (AvgIpc) is 3.17. The molecule has 0 bridgehead atoms. The summed E-state index contributed by atoms with van der Waals surface area (Å²) in [5, 5.41) is 4.88. The lowest BCUT2D eigenvalue weighted by Gasteiger charge is -2.14. The minimum absolute atomic E-state index is 0.0743. The average molecular weight is 564 g/mol. The number of aromatic amines is 1. The zero-order chi connectivity index (χ0) is 26.7. The quantitative estimate of drug-likeness (QED) is 0.195. The van der Waals surface area contributed by atoms with Crippen LogP contribution in [0.5, 0.6) is 5.75 Å². The highest BCUT2D eigenvalue weighted by molar-refractivity contribution is 7.92. The maximum absolute atomic E-state index is 13.3. The van der Waals surface area contributed by atoms with Gasteiger partial charge in [0.25, 0.3) is 15.6 Å². The molecule has 2 aromatic carbocycles. The number of aromatic nitrogens is 4. The molecule has 12 heteroatoms. The first kappa shape index (κ1) is 27.0. The number of anilines is 1. The van der Waals surface area contributed by atoms with Crippen LogP contribution in [-0.4, -0.2) is 34.1 Å². The van der Waals surface area contributed by atoms with E-state index in [1.54, 1.807) is 25.1 Å². The van der Waals surface area contributed by atoms with Crippen molar-refractivity contribution in [3.05, 3.63) is 68.9 Å². The van der Waals surface area contributed by atoms with Crippen molar-refractivity contribution in [3.8, 4) is 17.1 Å². The molecule has 0 aliphatic heterocycles. The van der Waals surface area contributed by atoms with Gasteiger partial charge in [0.15, 0.2) is 17.4 Å². The number of aryl methyl sites for hydroxylation is 3. The molecule has 0 spiro atoms. The molecule has 0 saturated heterocycles. The van der Waals surface area contributed by atoms with Gasteiger partial charge in [-0.25, -0.2) is 17.9 Å². The molecule has 2 N–H and O–H groups in total. The fraction of sp³-hybridized carbons (Fsp3) is 0.320. The molecule has 0 aliphatic rings. The number of unbranched alkanes of at least 4 members (excludes halogenated alkanes) is 2. The number of benzene rings is 2. The summed E-state index contributed by atoms with van der Waals surface area (Å²) in [5.41, 5.74) is 1.86. The Kier molecular flexibility index (Phi) is 8.11. The molecule has 9 nitrogen and oxygen atoms in total. The van der Waals surface area contributed by atoms with Crippen molar-refractivity contribution in [1.82, 2.24) is 19.6 Å². The molecule has 4 rings (SSSR count). The van der Waals surface area contributed by atoms with Gasteiger partial charge < -0.3 is 9.72 Å². The predicted molar refractivity (Wildman–Crippen MR) is 145 cm³/mol. The topological polar surface area (TPSA) is 118 Å². The van der Waals surface area contributed by atoms with Crippen molar-refractivity contribution in [2.45, 2.75) is 51.3 Å². The normalized spacial score (nSPS) is 11.7. The second-order valence-corrected chi connectivity index (χ2v) is 10.9. The van der Waals surface area contributed by atoms with E-state index >= 15 is 0 Å². The van der Waals surface area contributed by atoms with Crippen molar-refractivity contribution in [3.63, 3.8) is 0 Å². The van der Waals surface area contributed by atoms with Crippen LogP contribution in [0.1, 0.15) is 43.3 Å². The van der Waals surface area contributed by atoms with Crippen LogP contribution < -0.4 is 15.0 Å². The number of halogens is 2. The van der Waals surface area contributed by atoms with Crippen LogP contribution in [-0.2, 0) is 16.4 Å². The maximum atomic E-state index is 13.3. The highest BCUT2D eigenvalue weighted by Crippen LogP contribution is 2.32. The molecule has 0 saturated carbocycles. The van der Waals surface area contributed by atoms with E-state index < -0.39 is 15.6 Å². The van der Waals surface area contributed by atoms with Gasteiger partial charge in [0.1, 0.15) is 11.6 Å². The molecular formula is C25H27Cl2N5O4S. The smallest absolute Gasteiger partial charge is 0.277 e. The molecule has 37 heavy (non-hydrogen) atoms. The van der Waals surface area contributed by atoms with Crippen LogP contribution >= 0.6 is 23.2 Å². The standard InChI is InChI=1S/C25H27Cl2N5O4S/c1-4-5-6-7-22-28-16(3)23-25(33)29-24(30-32(22)23)18-13-17(9-11-21(18)36-14-26)37(34,35)31-20-12-15(2)8-10-19(20)27/h8-13,31H,4-7,14H2,1-3H3,(H,29,30,33). The number of rotatable bonds is 10. The van der Waals surface area contributed by atoms with Gasteiger partial charge in [0.2, 0.25) is 0 Å². The van der Waals surface area contributed by atoms with E-state index in [0.29, 0.717) is 23.5 Å². The number of ether oxygens (including phenoxy) is 1. The summed E-state index contributed by atoms with van der Waals surface area (Å²) in [7, 11) is -4.05. The number of nitrogens with one attached hydrogen (secondary N) is 2. The van der Waals surface area contributed by atoms with Crippen LogP contribution in [0.3, 0.4) is 0 Å². The van der Waals surface area contributed by atoms with E-state index in [2.05, 4.69) is 26.7 Å². The van der Waals surface area contributed by atoms with Gasteiger partial charge in [-0.1, -0.05) is 49.0 Å². The number of imidazole rings is 1. The summed E-state index contributed by atoms with van der Waals surface area (Å²) in [4.78, 5) is 20.2. The molecule has 0 unspecified atom stereocenters. The first-order chi connectivity index (χ1) is 17.6. The summed E-state index contributed by atoms with van der Waals surface area (Å²) in [6.45, 7) is 5.70. The zero-order valence-electron chi connectivity index (χ0n) is 20.6. The number of hydrogen-bond acceptors (Lipinski definition) is 6. The Morgan fingerprint density at radius 3 is 2.65 bits per heavy atom. The number of nitrogens with zero attached hydrogens (tertiary/aromatic N) is 3. The minimum atomic E-state index is -4.05. The number of H-pyrrole nitrogens is 1. The third-order valence-corrected chi connectivity index (χ3v) is 7.64. The second kappa shape index (κ2) is 11.1.